The number of nitriles is 2. The van der Waals surface area contributed by atoms with Crippen molar-refractivity contribution < 1.29 is 4.42 Å². The topological polar surface area (TPSA) is 60.7 Å². The minimum Gasteiger partial charge on any atom is -0.469 e. The lowest BCUT2D eigenvalue weighted by molar-refractivity contribution is 0.498. The lowest BCUT2D eigenvalue weighted by Gasteiger charge is -1.93. The third kappa shape index (κ3) is 1.84. The van der Waals surface area contributed by atoms with Crippen LogP contribution in [0.4, 0.5) is 0 Å². The van der Waals surface area contributed by atoms with E-state index >= 15 is 0 Å². The Hall–Kier alpha value is -1.74. The molecule has 0 saturated carbocycles. The molecule has 1 aromatic rings. The van der Waals surface area contributed by atoms with Crippen molar-refractivity contribution in [3.05, 3.63) is 24.2 Å². The van der Waals surface area contributed by atoms with Gasteiger partial charge in [0.05, 0.1) is 18.4 Å². The van der Waals surface area contributed by atoms with Crippen LogP contribution in [-0.2, 0) is 6.42 Å². The van der Waals surface area contributed by atoms with Gasteiger partial charge in [-0.2, -0.15) is 10.5 Å². The molecule has 1 heterocycles. The van der Waals surface area contributed by atoms with Crippen molar-refractivity contribution in [1.29, 1.82) is 10.5 Å². The van der Waals surface area contributed by atoms with Gasteiger partial charge in [-0.1, -0.05) is 0 Å². The van der Waals surface area contributed by atoms with E-state index in [9.17, 15) is 0 Å². The molecule has 3 heteroatoms. The summed E-state index contributed by atoms with van der Waals surface area (Å²) in [5, 5.41) is 16.8. The quantitative estimate of drug-likeness (QED) is 0.634. The summed E-state index contributed by atoms with van der Waals surface area (Å²) in [4.78, 5) is 0. The van der Waals surface area contributed by atoms with Gasteiger partial charge in [-0.25, -0.2) is 0 Å². The molecule has 1 rings (SSSR count). The molecule has 0 saturated heterocycles. The first kappa shape index (κ1) is 7.37. The van der Waals surface area contributed by atoms with E-state index in [1.807, 2.05) is 12.1 Å². The molecule has 3 nitrogen and oxygen atoms in total. The minimum atomic E-state index is -0.596. The molecule has 1 aromatic heterocycles. The highest BCUT2D eigenvalue weighted by molar-refractivity contribution is 5.08. The van der Waals surface area contributed by atoms with Gasteiger partial charge in [0.15, 0.2) is 0 Å². The number of nitrogens with zero attached hydrogens (tertiary/aromatic N) is 2. The number of hydrogen-bond acceptors (Lipinski definition) is 3. The highest BCUT2D eigenvalue weighted by atomic mass is 16.3. The summed E-state index contributed by atoms with van der Waals surface area (Å²) in [5.41, 5.74) is 0. The average molecular weight is 146 g/mol. The zero-order valence-corrected chi connectivity index (χ0v) is 5.82. The molecule has 0 aliphatic heterocycles. The lowest BCUT2D eigenvalue weighted by atomic mass is 10.1. The fourth-order valence-corrected chi connectivity index (χ4v) is 0.750. The summed E-state index contributed by atoms with van der Waals surface area (Å²) in [6.07, 6.45) is 1.90. The van der Waals surface area contributed by atoms with Gasteiger partial charge in [-0.3, -0.25) is 0 Å². The maximum Gasteiger partial charge on any atom is 0.140 e. The predicted octanol–water partition coefficient (Wildman–Crippen LogP) is 1.49. The molecule has 0 N–H and O–H groups in total. The van der Waals surface area contributed by atoms with Gasteiger partial charge in [-0.05, 0) is 12.1 Å². The van der Waals surface area contributed by atoms with E-state index in [1.165, 1.54) is 6.26 Å². The van der Waals surface area contributed by atoms with Crippen molar-refractivity contribution in [3.8, 4) is 12.1 Å². The fourth-order valence-electron chi connectivity index (χ4n) is 0.750. The Morgan fingerprint density at radius 1 is 1.45 bits per heavy atom. The summed E-state index contributed by atoms with van der Waals surface area (Å²) in [5.74, 6) is 0.0826. The van der Waals surface area contributed by atoms with Crippen molar-refractivity contribution in [1.82, 2.24) is 0 Å². The van der Waals surface area contributed by atoms with E-state index in [0.29, 0.717) is 12.2 Å². The van der Waals surface area contributed by atoms with Gasteiger partial charge in [0, 0.05) is 6.42 Å². The normalized spacial score (nSPS) is 9.00. The third-order valence-electron chi connectivity index (χ3n) is 1.30. The van der Waals surface area contributed by atoms with Crippen LogP contribution < -0.4 is 0 Å². The summed E-state index contributed by atoms with van der Waals surface area (Å²) in [7, 11) is 0. The van der Waals surface area contributed by atoms with Gasteiger partial charge in [0.25, 0.3) is 0 Å². The summed E-state index contributed by atoms with van der Waals surface area (Å²) in [6.45, 7) is 0. The van der Waals surface area contributed by atoms with E-state index < -0.39 is 5.92 Å². The summed E-state index contributed by atoms with van der Waals surface area (Å²) in [6, 6.07) is 7.23. The standard InChI is InChI=1S/C8H6N2O/c9-5-7(6-10)4-8-2-1-3-11-8/h1-3,7H,4H2. The van der Waals surface area contributed by atoms with Crippen molar-refractivity contribution in [3.63, 3.8) is 0 Å². The van der Waals surface area contributed by atoms with Crippen LogP contribution in [0.5, 0.6) is 0 Å². The maximum absolute atomic E-state index is 8.41. The number of hydrogen-bond donors (Lipinski definition) is 0. The first-order valence-electron chi connectivity index (χ1n) is 3.18. The van der Waals surface area contributed by atoms with Gasteiger partial charge in [0.1, 0.15) is 11.7 Å². The SMILES string of the molecule is N#CC(C#N)Cc1ccco1. The van der Waals surface area contributed by atoms with Gasteiger partial charge in [-0.15, -0.1) is 0 Å². The van der Waals surface area contributed by atoms with Crippen molar-refractivity contribution in [2.45, 2.75) is 6.42 Å². The molecule has 0 unspecified atom stereocenters. The van der Waals surface area contributed by atoms with E-state index in [4.69, 9.17) is 14.9 Å². The van der Waals surface area contributed by atoms with E-state index in [2.05, 4.69) is 0 Å². The largest absolute Gasteiger partial charge is 0.469 e. The Kier molecular flexibility index (Phi) is 2.30. The molecular weight excluding hydrogens is 140 g/mol. The van der Waals surface area contributed by atoms with Gasteiger partial charge < -0.3 is 4.42 Å². The predicted molar refractivity (Wildman–Crippen MR) is 37.1 cm³/mol. The number of furan rings is 1. The molecule has 54 valence electrons. The van der Waals surface area contributed by atoms with Crippen molar-refractivity contribution in [2.24, 2.45) is 5.92 Å². The van der Waals surface area contributed by atoms with Crippen LogP contribution in [-0.4, -0.2) is 0 Å². The fraction of sp³-hybridized carbons (Fsp3) is 0.250. The highest BCUT2D eigenvalue weighted by Gasteiger charge is 2.07. The zero-order valence-electron chi connectivity index (χ0n) is 5.82. The second-order valence-corrected chi connectivity index (χ2v) is 2.09. The van der Waals surface area contributed by atoms with Crippen LogP contribution in [0, 0.1) is 28.6 Å². The Morgan fingerprint density at radius 2 is 2.18 bits per heavy atom. The Labute approximate surface area is 64.5 Å². The van der Waals surface area contributed by atoms with Crippen molar-refractivity contribution >= 4 is 0 Å². The Morgan fingerprint density at radius 3 is 2.64 bits per heavy atom. The summed E-state index contributed by atoms with van der Waals surface area (Å²) < 4.78 is 4.97. The second-order valence-electron chi connectivity index (χ2n) is 2.09. The van der Waals surface area contributed by atoms with Crippen LogP contribution in [0.1, 0.15) is 5.76 Å². The molecule has 0 aliphatic rings. The monoisotopic (exact) mass is 146 g/mol. The zero-order chi connectivity index (χ0) is 8.10. The first-order valence-corrected chi connectivity index (χ1v) is 3.18. The molecule has 0 atom stereocenters. The van der Waals surface area contributed by atoms with E-state index in [1.54, 1.807) is 12.1 Å². The molecule has 0 aliphatic carbocycles. The lowest BCUT2D eigenvalue weighted by Crippen LogP contribution is -1.96. The summed E-state index contributed by atoms with van der Waals surface area (Å²) >= 11 is 0. The van der Waals surface area contributed by atoms with E-state index in [0.717, 1.165) is 0 Å². The molecule has 0 radical (unpaired) electrons. The molecular formula is C8H6N2O. The van der Waals surface area contributed by atoms with Crippen LogP contribution in [0.15, 0.2) is 22.8 Å². The average Bonchev–Trinajstić information content (AvgIpc) is 2.52. The third-order valence-corrected chi connectivity index (χ3v) is 1.30. The molecule has 0 fully saturated rings. The minimum absolute atomic E-state index is 0.375. The van der Waals surface area contributed by atoms with Crippen LogP contribution in [0.3, 0.4) is 0 Å². The molecule has 0 bridgehead atoms. The molecule has 0 aromatic carbocycles. The first-order chi connectivity index (χ1) is 5.36. The smallest absolute Gasteiger partial charge is 0.140 e. The van der Waals surface area contributed by atoms with E-state index in [-0.39, 0.29) is 0 Å². The Balaban J connectivity index is 2.58. The Bertz CT molecular complexity index is 275. The molecule has 0 amide bonds. The van der Waals surface area contributed by atoms with Gasteiger partial charge in [0.2, 0.25) is 0 Å². The molecule has 0 spiro atoms. The van der Waals surface area contributed by atoms with Crippen LogP contribution in [0.25, 0.3) is 0 Å². The maximum atomic E-state index is 8.41. The molecule has 11 heavy (non-hydrogen) atoms. The highest BCUT2D eigenvalue weighted by Crippen LogP contribution is 2.07. The van der Waals surface area contributed by atoms with Crippen molar-refractivity contribution in [2.75, 3.05) is 0 Å². The number of rotatable bonds is 2. The second kappa shape index (κ2) is 3.43. The van der Waals surface area contributed by atoms with Gasteiger partial charge >= 0.3 is 0 Å². The van der Waals surface area contributed by atoms with Crippen LogP contribution >= 0.6 is 0 Å². The van der Waals surface area contributed by atoms with Crippen LogP contribution in [0.2, 0.25) is 0 Å².